The largest absolute Gasteiger partial charge is 0.460 e. The van der Waals surface area contributed by atoms with Gasteiger partial charge in [0.05, 0.1) is 15.6 Å². The second-order valence-electron chi connectivity index (χ2n) is 7.65. The SMILES string of the molecule is CCC(=O)OC[C@H](OC)Oc1ccccc1Sc1cc(-n2c(=O)cc(C(F)(F)F)n(C)c2=O)c(F)cc1Cl. The summed E-state index contributed by atoms with van der Waals surface area (Å²) in [7, 11) is 2.17. The number of ether oxygens (including phenoxy) is 3. The van der Waals surface area contributed by atoms with Gasteiger partial charge in [0.1, 0.15) is 17.3 Å². The van der Waals surface area contributed by atoms with Gasteiger partial charge in [0.25, 0.3) is 5.56 Å². The van der Waals surface area contributed by atoms with E-state index in [1.807, 2.05) is 0 Å². The van der Waals surface area contributed by atoms with Crippen molar-refractivity contribution in [3.8, 4) is 11.4 Å². The maximum atomic E-state index is 14.9. The van der Waals surface area contributed by atoms with Gasteiger partial charge >= 0.3 is 17.8 Å². The Balaban J connectivity index is 2.01. The molecule has 3 aromatic rings. The summed E-state index contributed by atoms with van der Waals surface area (Å²) >= 11 is 7.19. The molecule has 0 aliphatic carbocycles. The predicted octanol–water partition coefficient (Wildman–Crippen LogP) is 4.80. The monoisotopic (exact) mass is 576 g/mol. The van der Waals surface area contributed by atoms with E-state index in [2.05, 4.69) is 0 Å². The lowest BCUT2D eigenvalue weighted by atomic mass is 10.3. The zero-order valence-electron chi connectivity index (χ0n) is 20.2. The molecule has 0 saturated carbocycles. The number of benzene rings is 2. The van der Waals surface area contributed by atoms with Crippen LogP contribution >= 0.6 is 23.4 Å². The van der Waals surface area contributed by atoms with E-state index in [1.54, 1.807) is 31.2 Å². The minimum absolute atomic E-state index is 0.0944. The van der Waals surface area contributed by atoms with Crippen LogP contribution in [0.15, 0.2) is 61.8 Å². The average molecular weight is 577 g/mol. The highest BCUT2D eigenvalue weighted by molar-refractivity contribution is 7.99. The van der Waals surface area contributed by atoms with E-state index in [0.717, 1.165) is 30.9 Å². The number of hydrogen-bond donors (Lipinski definition) is 0. The van der Waals surface area contributed by atoms with Crippen LogP contribution in [0.1, 0.15) is 19.0 Å². The summed E-state index contributed by atoms with van der Waals surface area (Å²) in [4.78, 5) is 37.2. The molecule has 2 aromatic carbocycles. The standard InChI is InChI=1S/C24H21ClF4N2O6S/c1-4-21(33)36-12-22(35-3)37-16-7-5-6-8-17(16)38-18-10-15(14(26)9-13(18)25)31-20(32)11-19(24(27,28)29)30(2)23(31)34/h5-11,22H,4,12H2,1-3H3/t22-/m1/s1. The number of nitrogens with zero attached hydrogens (tertiary/aromatic N) is 2. The van der Waals surface area contributed by atoms with Crippen molar-refractivity contribution in [2.24, 2.45) is 7.05 Å². The fourth-order valence-corrected chi connectivity index (χ4v) is 4.39. The van der Waals surface area contributed by atoms with Crippen LogP contribution in [0.25, 0.3) is 5.69 Å². The molecule has 0 aliphatic rings. The van der Waals surface area contributed by atoms with Gasteiger partial charge in [-0.2, -0.15) is 13.2 Å². The van der Waals surface area contributed by atoms with E-state index in [9.17, 15) is 31.9 Å². The van der Waals surface area contributed by atoms with Crippen molar-refractivity contribution in [2.75, 3.05) is 13.7 Å². The molecule has 204 valence electrons. The van der Waals surface area contributed by atoms with Gasteiger partial charge in [0, 0.05) is 31.5 Å². The van der Waals surface area contributed by atoms with Gasteiger partial charge in [-0.1, -0.05) is 42.4 Å². The van der Waals surface area contributed by atoms with E-state index in [1.165, 1.54) is 7.11 Å². The molecule has 0 spiro atoms. The fraction of sp³-hybridized carbons (Fsp3) is 0.292. The summed E-state index contributed by atoms with van der Waals surface area (Å²) in [5.74, 6) is -1.27. The van der Waals surface area contributed by atoms with E-state index in [4.69, 9.17) is 25.8 Å². The number of alkyl halides is 3. The van der Waals surface area contributed by atoms with Gasteiger partial charge in [0.2, 0.25) is 6.29 Å². The molecule has 1 aromatic heterocycles. The van der Waals surface area contributed by atoms with Gasteiger partial charge in [-0.25, -0.2) is 13.8 Å². The first kappa shape index (κ1) is 29.3. The van der Waals surface area contributed by atoms with E-state index in [0.29, 0.717) is 4.90 Å². The van der Waals surface area contributed by atoms with Crippen LogP contribution in [0, 0.1) is 5.82 Å². The van der Waals surface area contributed by atoms with Crippen LogP contribution in [-0.2, 0) is 27.5 Å². The Hall–Kier alpha value is -3.29. The third-order valence-corrected chi connectivity index (χ3v) is 6.65. The maximum Gasteiger partial charge on any atom is 0.431 e. The normalized spacial score (nSPS) is 12.3. The molecule has 14 heteroatoms. The number of rotatable bonds is 9. The van der Waals surface area contributed by atoms with Crippen molar-refractivity contribution in [3.63, 3.8) is 0 Å². The summed E-state index contributed by atoms with van der Waals surface area (Å²) < 4.78 is 71.0. The van der Waals surface area contributed by atoms with Crippen molar-refractivity contribution in [1.82, 2.24) is 9.13 Å². The highest BCUT2D eigenvalue weighted by atomic mass is 35.5. The van der Waals surface area contributed by atoms with Crippen LogP contribution < -0.4 is 16.0 Å². The minimum Gasteiger partial charge on any atom is -0.460 e. The Bertz CT molecular complexity index is 1460. The van der Waals surface area contributed by atoms with E-state index >= 15 is 0 Å². The van der Waals surface area contributed by atoms with E-state index < -0.39 is 46.9 Å². The van der Waals surface area contributed by atoms with Crippen LogP contribution in [0.3, 0.4) is 0 Å². The third kappa shape index (κ3) is 6.58. The highest BCUT2D eigenvalue weighted by Gasteiger charge is 2.35. The summed E-state index contributed by atoms with van der Waals surface area (Å²) in [5, 5.41) is -0.0944. The van der Waals surface area contributed by atoms with E-state index in [-0.39, 0.29) is 43.9 Å². The molecular weight excluding hydrogens is 556 g/mol. The molecule has 38 heavy (non-hydrogen) atoms. The lowest BCUT2D eigenvalue weighted by Gasteiger charge is -2.19. The van der Waals surface area contributed by atoms with Crippen molar-refractivity contribution < 1.29 is 36.6 Å². The summed E-state index contributed by atoms with van der Waals surface area (Å²) in [5.41, 5.74) is -4.83. The Labute approximate surface area is 222 Å². The second kappa shape index (κ2) is 12.0. The highest BCUT2D eigenvalue weighted by Crippen LogP contribution is 2.40. The molecule has 1 atom stereocenters. The number of carbonyl (C=O) groups excluding carboxylic acids is 1. The van der Waals surface area contributed by atoms with Gasteiger partial charge < -0.3 is 14.2 Å². The Kier molecular flexibility index (Phi) is 9.28. The zero-order valence-corrected chi connectivity index (χ0v) is 21.7. The first-order valence-electron chi connectivity index (χ1n) is 10.9. The van der Waals surface area contributed by atoms with Crippen LogP contribution in [-0.4, -0.2) is 35.1 Å². The smallest absolute Gasteiger partial charge is 0.431 e. The minimum atomic E-state index is -4.97. The quantitative estimate of drug-likeness (QED) is 0.205. The maximum absolute atomic E-state index is 14.9. The number of hydrogen-bond acceptors (Lipinski definition) is 7. The molecular formula is C24H21ClF4N2O6S. The summed E-state index contributed by atoms with van der Waals surface area (Å²) in [6, 6.07) is 8.68. The number of carbonyl (C=O) groups is 1. The summed E-state index contributed by atoms with van der Waals surface area (Å²) in [6.07, 6.45) is -5.76. The molecule has 8 nitrogen and oxygen atoms in total. The van der Waals surface area contributed by atoms with Gasteiger partial charge in [0.15, 0.2) is 6.61 Å². The Morgan fingerprint density at radius 1 is 1.13 bits per heavy atom. The zero-order chi connectivity index (χ0) is 28.2. The first-order chi connectivity index (χ1) is 17.9. The molecule has 0 bridgehead atoms. The lowest BCUT2D eigenvalue weighted by Crippen LogP contribution is -2.41. The number of methoxy groups -OCH3 is 1. The fourth-order valence-electron chi connectivity index (χ4n) is 3.19. The number of para-hydroxylation sites is 1. The predicted molar refractivity (Wildman–Crippen MR) is 130 cm³/mol. The lowest BCUT2D eigenvalue weighted by molar-refractivity contribution is -0.156. The van der Waals surface area contributed by atoms with Gasteiger partial charge in [-0.15, -0.1) is 0 Å². The molecule has 0 saturated heterocycles. The average Bonchev–Trinajstić information content (AvgIpc) is 2.86. The molecule has 0 aliphatic heterocycles. The molecule has 1 heterocycles. The van der Waals surface area contributed by atoms with Crippen molar-refractivity contribution in [2.45, 2.75) is 35.6 Å². The Morgan fingerprint density at radius 3 is 2.45 bits per heavy atom. The molecule has 0 unspecified atom stereocenters. The number of aromatic nitrogens is 2. The van der Waals surface area contributed by atoms with Crippen LogP contribution in [0.2, 0.25) is 5.02 Å². The second-order valence-corrected chi connectivity index (χ2v) is 9.14. The molecule has 3 rings (SSSR count). The topological polar surface area (TPSA) is 88.8 Å². The third-order valence-electron chi connectivity index (χ3n) is 5.11. The van der Waals surface area contributed by atoms with Crippen molar-refractivity contribution in [1.29, 1.82) is 0 Å². The molecule has 0 amide bonds. The van der Waals surface area contributed by atoms with Gasteiger partial charge in [-0.3, -0.25) is 14.2 Å². The Morgan fingerprint density at radius 2 is 1.82 bits per heavy atom. The summed E-state index contributed by atoms with van der Waals surface area (Å²) in [6.45, 7) is 1.44. The van der Waals surface area contributed by atoms with Crippen LogP contribution in [0.5, 0.6) is 5.75 Å². The van der Waals surface area contributed by atoms with Crippen molar-refractivity contribution in [3.05, 3.63) is 79.8 Å². The first-order valence-corrected chi connectivity index (χ1v) is 12.1. The van der Waals surface area contributed by atoms with Crippen LogP contribution in [0.4, 0.5) is 17.6 Å². The molecule has 0 radical (unpaired) electrons. The number of esters is 1. The number of halogens is 5. The van der Waals surface area contributed by atoms with Crippen molar-refractivity contribution >= 4 is 29.3 Å². The van der Waals surface area contributed by atoms with Gasteiger partial charge in [-0.05, 0) is 24.3 Å². The molecule has 0 N–H and O–H groups in total. The molecule has 0 fully saturated rings.